The van der Waals surface area contributed by atoms with Crippen molar-refractivity contribution < 1.29 is 9.53 Å². The van der Waals surface area contributed by atoms with E-state index in [0.717, 1.165) is 40.3 Å². The van der Waals surface area contributed by atoms with E-state index < -0.39 is 0 Å². The normalized spacial score (nSPS) is 20.4. The number of aromatic nitrogens is 2. The number of benzene rings is 2. The van der Waals surface area contributed by atoms with Gasteiger partial charge in [0, 0.05) is 34.5 Å². The van der Waals surface area contributed by atoms with Crippen LogP contribution >= 0.6 is 0 Å². The third-order valence-electron chi connectivity index (χ3n) is 7.12. The van der Waals surface area contributed by atoms with Crippen LogP contribution in [0, 0.1) is 18.8 Å². The lowest BCUT2D eigenvalue weighted by Crippen LogP contribution is -2.32. The minimum absolute atomic E-state index is 0.130. The first-order valence-electron chi connectivity index (χ1n) is 12.6. The summed E-state index contributed by atoms with van der Waals surface area (Å²) in [6, 6.07) is 13.8. The van der Waals surface area contributed by atoms with Gasteiger partial charge in [0.15, 0.2) is 0 Å². The Labute approximate surface area is 201 Å². The lowest BCUT2D eigenvalue weighted by molar-refractivity contribution is 0.249. The summed E-state index contributed by atoms with van der Waals surface area (Å²) < 4.78 is 6.20. The molecule has 178 valence electrons. The molecule has 2 saturated carbocycles. The van der Waals surface area contributed by atoms with E-state index in [1.165, 1.54) is 32.1 Å². The van der Waals surface area contributed by atoms with Crippen LogP contribution in [0.5, 0.6) is 11.6 Å². The summed E-state index contributed by atoms with van der Waals surface area (Å²) in [5, 5.41) is 8.13. The first-order valence-corrected chi connectivity index (χ1v) is 12.6. The van der Waals surface area contributed by atoms with E-state index >= 15 is 0 Å². The number of nitrogens with zero attached hydrogens (tertiary/aromatic N) is 2. The molecule has 0 spiro atoms. The van der Waals surface area contributed by atoms with Gasteiger partial charge in [0.2, 0.25) is 5.88 Å². The van der Waals surface area contributed by atoms with Crippen molar-refractivity contribution in [1.29, 1.82) is 0 Å². The Bertz CT molecular complexity index is 1190. The van der Waals surface area contributed by atoms with Crippen molar-refractivity contribution in [3.8, 4) is 11.6 Å². The van der Waals surface area contributed by atoms with Crippen molar-refractivity contribution in [3.63, 3.8) is 0 Å². The van der Waals surface area contributed by atoms with Crippen LogP contribution < -0.4 is 15.4 Å². The fraction of sp³-hybridized carbons (Fsp3) is 0.464. The number of hydrogen-bond donors (Lipinski definition) is 2. The number of fused-ring (bicyclic) bond motifs is 1. The van der Waals surface area contributed by atoms with Gasteiger partial charge in [-0.05, 0) is 37.3 Å². The molecule has 2 aliphatic rings. The van der Waals surface area contributed by atoms with Crippen LogP contribution in [-0.4, -0.2) is 22.0 Å². The van der Waals surface area contributed by atoms with Gasteiger partial charge >= 0.3 is 6.03 Å². The van der Waals surface area contributed by atoms with E-state index in [0.29, 0.717) is 23.6 Å². The molecule has 0 aliphatic heterocycles. The van der Waals surface area contributed by atoms with Crippen molar-refractivity contribution in [1.82, 2.24) is 15.3 Å². The summed E-state index contributed by atoms with van der Waals surface area (Å²) in [4.78, 5) is 21.9. The number of amides is 2. The summed E-state index contributed by atoms with van der Waals surface area (Å²) in [5.74, 6) is 3.66. The molecule has 2 amide bonds. The molecule has 2 aromatic carbocycles. The monoisotopic (exact) mass is 458 g/mol. The molecular weight excluding hydrogens is 424 g/mol. The lowest BCUT2D eigenvalue weighted by atomic mass is 9.85. The Balaban J connectivity index is 1.30. The fourth-order valence-electron chi connectivity index (χ4n) is 5.25. The standard InChI is InChI=1S/C28H34N4O2/c1-17(2)27-29-18(3)15-26(32-27)34-25-14-13-23(20-11-7-8-12-21(20)25)30-28(33)31-24-16-22(24)19-9-5-4-6-10-19/h7-8,11-15,17,19,22,24H,4-6,9-10,16H2,1-3H3,(H2,30,31,33). The fourth-order valence-corrected chi connectivity index (χ4v) is 5.25. The van der Waals surface area contributed by atoms with Gasteiger partial charge in [0.1, 0.15) is 11.6 Å². The molecule has 5 rings (SSSR count). The van der Waals surface area contributed by atoms with E-state index in [2.05, 4.69) is 34.4 Å². The Morgan fingerprint density at radius 2 is 1.79 bits per heavy atom. The van der Waals surface area contributed by atoms with Gasteiger partial charge in [-0.25, -0.2) is 9.78 Å². The van der Waals surface area contributed by atoms with Crippen molar-refractivity contribution in [3.05, 3.63) is 54.0 Å². The third-order valence-corrected chi connectivity index (χ3v) is 7.12. The average Bonchev–Trinajstić information content (AvgIpc) is 3.60. The summed E-state index contributed by atoms with van der Waals surface area (Å²) in [7, 11) is 0. The van der Waals surface area contributed by atoms with Crippen LogP contribution in [0.2, 0.25) is 0 Å². The molecule has 0 saturated heterocycles. The SMILES string of the molecule is Cc1cc(Oc2ccc(NC(=O)NC3CC3C3CCCCC3)c3ccccc23)nc(C(C)C)n1. The zero-order valence-electron chi connectivity index (χ0n) is 20.3. The van der Waals surface area contributed by atoms with Gasteiger partial charge in [0.05, 0.1) is 5.69 Å². The van der Waals surface area contributed by atoms with Crippen LogP contribution in [-0.2, 0) is 0 Å². The Kier molecular flexibility index (Phi) is 6.40. The maximum Gasteiger partial charge on any atom is 0.319 e. The van der Waals surface area contributed by atoms with Crippen molar-refractivity contribution in [2.75, 3.05) is 5.32 Å². The largest absolute Gasteiger partial charge is 0.438 e. The van der Waals surface area contributed by atoms with Gasteiger partial charge in [-0.3, -0.25) is 0 Å². The smallest absolute Gasteiger partial charge is 0.319 e. The number of carbonyl (C=O) groups excluding carboxylic acids is 1. The minimum Gasteiger partial charge on any atom is -0.438 e. The number of urea groups is 1. The van der Waals surface area contributed by atoms with Gasteiger partial charge < -0.3 is 15.4 Å². The zero-order chi connectivity index (χ0) is 23.7. The van der Waals surface area contributed by atoms with Crippen molar-refractivity contribution in [2.45, 2.75) is 71.3 Å². The molecule has 1 aromatic heterocycles. The van der Waals surface area contributed by atoms with Gasteiger partial charge in [-0.15, -0.1) is 0 Å². The molecule has 6 nitrogen and oxygen atoms in total. The van der Waals surface area contributed by atoms with E-state index in [-0.39, 0.29) is 11.9 Å². The third kappa shape index (κ3) is 5.01. The highest BCUT2D eigenvalue weighted by molar-refractivity contribution is 6.04. The molecule has 2 unspecified atom stereocenters. The molecule has 6 heteroatoms. The second-order valence-corrected chi connectivity index (χ2v) is 10.1. The van der Waals surface area contributed by atoms with Crippen molar-refractivity contribution >= 4 is 22.5 Å². The molecular formula is C28H34N4O2. The zero-order valence-corrected chi connectivity index (χ0v) is 20.3. The van der Waals surface area contributed by atoms with Gasteiger partial charge in [0.25, 0.3) is 0 Å². The highest BCUT2D eigenvalue weighted by Crippen LogP contribution is 2.44. The van der Waals surface area contributed by atoms with Crippen LogP contribution in [0.3, 0.4) is 0 Å². The number of nitrogens with one attached hydrogen (secondary N) is 2. The quantitative estimate of drug-likeness (QED) is 0.419. The van der Waals surface area contributed by atoms with E-state index in [1.54, 1.807) is 0 Å². The lowest BCUT2D eigenvalue weighted by Gasteiger charge is -2.21. The maximum absolute atomic E-state index is 12.8. The predicted octanol–water partition coefficient (Wildman–Crippen LogP) is 6.94. The minimum atomic E-state index is -0.130. The molecule has 2 N–H and O–H groups in total. The first kappa shape index (κ1) is 22.6. The summed E-state index contributed by atoms with van der Waals surface area (Å²) in [5.41, 5.74) is 1.65. The van der Waals surface area contributed by atoms with Crippen molar-refractivity contribution in [2.24, 2.45) is 11.8 Å². The van der Waals surface area contributed by atoms with E-state index in [4.69, 9.17) is 4.74 Å². The number of anilines is 1. The molecule has 2 aliphatic carbocycles. The first-order chi connectivity index (χ1) is 16.5. The summed E-state index contributed by atoms with van der Waals surface area (Å²) >= 11 is 0. The Hall–Kier alpha value is -3.15. The number of rotatable bonds is 6. The molecule has 0 bridgehead atoms. The molecule has 1 heterocycles. The van der Waals surface area contributed by atoms with Crippen LogP contribution in [0.4, 0.5) is 10.5 Å². The molecule has 2 fully saturated rings. The number of ether oxygens (including phenoxy) is 1. The molecule has 3 aromatic rings. The Morgan fingerprint density at radius 3 is 2.56 bits per heavy atom. The van der Waals surface area contributed by atoms with Crippen LogP contribution in [0.1, 0.15) is 69.8 Å². The highest BCUT2D eigenvalue weighted by atomic mass is 16.5. The summed E-state index contributed by atoms with van der Waals surface area (Å²) in [6.45, 7) is 6.08. The van der Waals surface area contributed by atoms with Gasteiger partial charge in [-0.1, -0.05) is 70.2 Å². The topological polar surface area (TPSA) is 76.1 Å². The second kappa shape index (κ2) is 9.61. The average molecular weight is 459 g/mol. The van der Waals surface area contributed by atoms with Crippen LogP contribution in [0.15, 0.2) is 42.5 Å². The summed E-state index contributed by atoms with van der Waals surface area (Å²) in [6.07, 6.45) is 7.80. The van der Waals surface area contributed by atoms with E-state index in [1.807, 2.05) is 49.4 Å². The molecule has 2 atom stereocenters. The second-order valence-electron chi connectivity index (χ2n) is 10.1. The van der Waals surface area contributed by atoms with Gasteiger partial charge in [-0.2, -0.15) is 4.98 Å². The molecule has 34 heavy (non-hydrogen) atoms. The number of aryl methyl sites for hydroxylation is 1. The molecule has 0 radical (unpaired) electrons. The Morgan fingerprint density at radius 1 is 1.03 bits per heavy atom. The predicted molar refractivity (Wildman–Crippen MR) is 136 cm³/mol. The highest BCUT2D eigenvalue weighted by Gasteiger charge is 2.43. The van der Waals surface area contributed by atoms with E-state index in [9.17, 15) is 4.79 Å². The maximum atomic E-state index is 12.8. The number of carbonyl (C=O) groups is 1. The number of hydrogen-bond acceptors (Lipinski definition) is 4. The van der Waals surface area contributed by atoms with Crippen LogP contribution in [0.25, 0.3) is 10.8 Å².